The molecule has 0 saturated carbocycles. The van der Waals surface area contributed by atoms with Crippen LogP contribution in [0.1, 0.15) is 22.6 Å². The summed E-state index contributed by atoms with van der Waals surface area (Å²) in [6.45, 7) is 2.20. The molecule has 2 heterocycles. The molecule has 7 heteroatoms. The van der Waals surface area contributed by atoms with Crippen molar-refractivity contribution >= 4 is 28.5 Å². The molecule has 0 atom stereocenters. The Morgan fingerprint density at radius 3 is 2.53 bits per heavy atom. The zero-order chi connectivity index (χ0) is 20.9. The van der Waals surface area contributed by atoms with Gasteiger partial charge in [-0.2, -0.15) is 0 Å². The van der Waals surface area contributed by atoms with E-state index in [2.05, 4.69) is 25.2 Å². The van der Waals surface area contributed by atoms with Gasteiger partial charge in [0.05, 0.1) is 11.0 Å². The summed E-state index contributed by atoms with van der Waals surface area (Å²) in [5, 5.41) is 5.60. The molecule has 2 amide bonds. The maximum atomic E-state index is 12.3. The van der Waals surface area contributed by atoms with E-state index in [1.165, 1.54) is 0 Å². The highest BCUT2D eigenvalue weighted by Crippen LogP contribution is 2.24. The maximum absolute atomic E-state index is 12.3. The molecule has 4 aromatic rings. The molecule has 0 saturated heterocycles. The average Bonchev–Trinajstić information content (AvgIpc) is 3.09. The smallest absolute Gasteiger partial charge is 0.251 e. The third kappa shape index (κ3) is 4.20. The van der Waals surface area contributed by atoms with Crippen molar-refractivity contribution in [3.63, 3.8) is 0 Å². The van der Waals surface area contributed by atoms with Crippen LogP contribution in [0, 0.1) is 6.92 Å². The molecule has 0 fully saturated rings. The van der Waals surface area contributed by atoms with Gasteiger partial charge in [-0.25, -0.2) is 4.98 Å². The number of nitrogens with one attached hydrogen (secondary N) is 2. The number of hydrogen-bond donors (Lipinski definition) is 2. The summed E-state index contributed by atoms with van der Waals surface area (Å²) in [6, 6.07) is 18.9. The Labute approximate surface area is 173 Å². The molecule has 0 unspecified atom stereocenters. The lowest BCUT2D eigenvalue weighted by Gasteiger charge is -2.08. The standard InChI is InChI=1S/C23H21N5O2/c1-16-26-20-15-18(7-8-21(20)28(16)19-5-3-2-4-6-19)27-22(29)11-14-25-23(30)17-9-12-24-13-10-17/h2-10,12-13,15H,11,14H2,1H3,(H,25,30)(H,27,29). The maximum Gasteiger partial charge on any atom is 0.251 e. The number of anilines is 1. The number of nitrogens with zero attached hydrogens (tertiary/aromatic N) is 3. The summed E-state index contributed by atoms with van der Waals surface area (Å²) in [7, 11) is 0. The summed E-state index contributed by atoms with van der Waals surface area (Å²) >= 11 is 0. The summed E-state index contributed by atoms with van der Waals surface area (Å²) < 4.78 is 2.08. The number of rotatable bonds is 6. The molecule has 0 aliphatic carbocycles. The topological polar surface area (TPSA) is 88.9 Å². The number of para-hydroxylation sites is 1. The van der Waals surface area contributed by atoms with Gasteiger partial charge in [-0.3, -0.25) is 19.1 Å². The van der Waals surface area contributed by atoms with Crippen LogP contribution in [0.3, 0.4) is 0 Å². The Kier molecular flexibility index (Phi) is 5.52. The van der Waals surface area contributed by atoms with Gasteiger partial charge in [0.15, 0.2) is 0 Å². The molecule has 0 bridgehead atoms. The van der Waals surface area contributed by atoms with Crippen LogP contribution in [0.5, 0.6) is 0 Å². The lowest BCUT2D eigenvalue weighted by Crippen LogP contribution is -2.27. The Bertz CT molecular complexity index is 1190. The van der Waals surface area contributed by atoms with E-state index in [-0.39, 0.29) is 24.8 Å². The fraction of sp³-hybridized carbons (Fsp3) is 0.130. The third-order valence-corrected chi connectivity index (χ3v) is 4.70. The van der Waals surface area contributed by atoms with Crippen molar-refractivity contribution < 1.29 is 9.59 Å². The molecular weight excluding hydrogens is 378 g/mol. The van der Waals surface area contributed by atoms with Crippen LogP contribution in [-0.4, -0.2) is 32.9 Å². The first-order valence-electron chi connectivity index (χ1n) is 9.64. The lowest BCUT2D eigenvalue weighted by molar-refractivity contribution is -0.116. The molecule has 4 rings (SSSR count). The fourth-order valence-electron chi connectivity index (χ4n) is 3.30. The highest BCUT2D eigenvalue weighted by atomic mass is 16.2. The number of hydrogen-bond acceptors (Lipinski definition) is 4. The number of imidazole rings is 1. The van der Waals surface area contributed by atoms with Gasteiger partial charge in [0.1, 0.15) is 5.82 Å². The second kappa shape index (κ2) is 8.57. The van der Waals surface area contributed by atoms with E-state index in [4.69, 9.17) is 0 Å². The molecule has 0 aliphatic rings. The van der Waals surface area contributed by atoms with Gasteiger partial charge in [0.25, 0.3) is 5.91 Å². The molecule has 2 aromatic carbocycles. The monoisotopic (exact) mass is 399 g/mol. The molecule has 2 aromatic heterocycles. The minimum atomic E-state index is -0.228. The molecule has 2 N–H and O–H groups in total. The number of benzene rings is 2. The number of fused-ring (bicyclic) bond motifs is 1. The predicted molar refractivity (Wildman–Crippen MR) is 116 cm³/mol. The minimum absolute atomic E-state index is 0.173. The number of carbonyl (C=O) groups excluding carboxylic acids is 2. The van der Waals surface area contributed by atoms with Crippen molar-refractivity contribution in [2.24, 2.45) is 0 Å². The molecule has 0 radical (unpaired) electrons. The summed E-state index contributed by atoms with van der Waals surface area (Å²) in [5.74, 6) is 0.468. The quantitative estimate of drug-likeness (QED) is 0.519. The normalized spacial score (nSPS) is 10.7. The summed E-state index contributed by atoms with van der Waals surface area (Å²) in [6.07, 6.45) is 3.28. The molecule has 0 spiro atoms. The van der Waals surface area contributed by atoms with Crippen molar-refractivity contribution in [3.8, 4) is 5.69 Å². The lowest BCUT2D eigenvalue weighted by atomic mass is 10.2. The summed E-state index contributed by atoms with van der Waals surface area (Å²) in [4.78, 5) is 32.8. The highest BCUT2D eigenvalue weighted by Gasteiger charge is 2.11. The Morgan fingerprint density at radius 2 is 1.77 bits per heavy atom. The molecule has 150 valence electrons. The van der Waals surface area contributed by atoms with Gasteiger partial charge in [-0.1, -0.05) is 18.2 Å². The van der Waals surface area contributed by atoms with E-state index < -0.39 is 0 Å². The third-order valence-electron chi connectivity index (χ3n) is 4.70. The number of amides is 2. The van der Waals surface area contributed by atoms with Crippen LogP contribution in [0.25, 0.3) is 16.7 Å². The van der Waals surface area contributed by atoms with Gasteiger partial charge in [-0.05, 0) is 49.4 Å². The molecule has 0 aliphatic heterocycles. The van der Waals surface area contributed by atoms with Gasteiger partial charge in [-0.15, -0.1) is 0 Å². The van der Waals surface area contributed by atoms with E-state index in [0.29, 0.717) is 11.3 Å². The number of carbonyl (C=O) groups is 2. The van der Waals surface area contributed by atoms with E-state index >= 15 is 0 Å². The zero-order valence-electron chi connectivity index (χ0n) is 16.5. The van der Waals surface area contributed by atoms with E-state index in [1.807, 2.05) is 55.5 Å². The molecular formula is C23H21N5O2. The van der Waals surface area contributed by atoms with Crippen molar-refractivity contribution in [2.45, 2.75) is 13.3 Å². The van der Waals surface area contributed by atoms with Gasteiger partial charge < -0.3 is 10.6 Å². The van der Waals surface area contributed by atoms with E-state index in [9.17, 15) is 9.59 Å². The predicted octanol–water partition coefficient (Wildman–Crippen LogP) is 3.49. The van der Waals surface area contributed by atoms with Crippen molar-refractivity contribution in [2.75, 3.05) is 11.9 Å². The van der Waals surface area contributed by atoms with Crippen molar-refractivity contribution in [3.05, 3.63) is 84.4 Å². The highest BCUT2D eigenvalue weighted by molar-refractivity contribution is 5.96. The molecule has 7 nitrogen and oxygen atoms in total. The Morgan fingerprint density at radius 1 is 1.00 bits per heavy atom. The minimum Gasteiger partial charge on any atom is -0.352 e. The van der Waals surface area contributed by atoms with Crippen molar-refractivity contribution in [1.82, 2.24) is 19.9 Å². The SMILES string of the molecule is Cc1nc2cc(NC(=O)CCNC(=O)c3ccncc3)ccc2n1-c1ccccc1. The van der Waals surface area contributed by atoms with Gasteiger partial charge in [0, 0.05) is 42.3 Å². The van der Waals surface area contributed by atoms with Crippen LogP contribution >= 0.6 is 0 Å². The fourth-order valence-corrected chi connectivity index (χ4v) is 3.30. The summed E-state index contributed by atoms with van der Waals surface area (Å²) in [5.41, 5.74) is 4.01. The van der Waals surface area contributed by atoms with Crippen LogP contribution in [0.2, 0.25) is 0 Å². The number of aryl methyl sites for hydroxylation is 1. The van der Waals surface area contributed by atoms with Crippen LogP contribution in [0.4, 0.5) is 5.69 Å². The number of aromatic nitrogens is 3. The van der Waals surface area contributed by atoms with E-state index in [0.717, 1.165) is 22.5 Å². The molecule has 30 heavy (non-hydrogen) atoms. The first-order chi connectivity index (χ1) is 14.6. The van der Waals surface area contributed by atoms with E-state index in [1.54, 1.807) is 24.5 Å². The second-order valence-electron chi connectivity index (χ2n) is 6.82. The Balaban J connectivity index is 1.39. The zero-order valence-corrected chi connectivity index (χ0v) is 16.5. The van der Waals surface area contributed by atoms with Crippen LogP contribution in [0.15, 0.2) is 73.1 Å². The van der Waals surface area contributed by atoms with Gasteiger partial charge in [0.2, 0.25) is 5.91 Å². The van der Waals surface area contributed by atoms with Crippen LogP contribution < -0.4 is 10.6 Å². The second-order valence-corrected chi connectivity index (χ2v) is 6.82. The Hall–Kier alpha value is -4.00. The average molecular weight is 399 g/mol. The first kappa shape index (κ1) is 19.3. The van der Waals surface area contributed by atoms with Crippen LogP contribution in [-0.2, 0) is 4.79 Å². The first-order valence-corrected chi connectivity index (χ1v) is 9.64. The van der Waals surface area contributed by atoms with Gasteiger partial charge >= 0.3 is 0 Å². The van der Waals surface area contributed by atoms with Crippen molar-refractivity contribution in [1.29, 1.82) is 0 Å². The largest absolute Gasteiger partial charge is 0.352 e. The number of pyridine rings is 1.